The maximum absolute atomic E-state index is 11.4. The first kappa shape index (κ1) is 11.1. The number of hydrogen-bond acceptors (Lipinski definition) is 3. The van der Waals surface area contributed by atoms with Crippen LogP contribution in [0.1, 0.15) is 12.8 Å². The maximum Gasteiger partial charge on any atom is 0.234 e. The van der Waals surface area contributed by atoms with Crippen molar-refractivity contribution in [2.45, 2.75) is 18.9 Å². The second-order valence-electron chi connectivity index (χ2n) is 3.51. The van der Waals surface area contributed by atoms with E-state index in [1.807, 2.05) is 0 Å². The van der Waals surface area contributed by atoms with Crippen LogP contribution in [0.2, 0.25) is 0 Å². The largest absolute Gasteiger partial charge is 0.341 e. The van der Waals surface area contributed by atoms with E-state index in [4.69, 9.17) is 11.2 Å². The summed E-state index contributed by atoms with van der Waals surface area (Å²) in [7, 11) is -0.777. The van der Waals surface area contributed by atoms with Gasteiger partial charge in [0, 0.05) is 28.6 Å². The zero-order valence-corrected chi connectivity index (χ0v) is 8.97. The predicted molar refractivity (Wildman–Crippen MR) is 55.2 cm³/mol. The van der Waals surface area contributed by atoms with Gasteiger partial charge in [0.2, 0.25) is 5.91 Å². The molecule has 2 unspecified atom stereocenters. The van der Waals surface area contributed by atoms with Gasteiger partial charge < -0.3 is 4.90 Å². The highest BCUT2D eigenvalue weighted by Gasteiger charge is 2.29. The Hall–Kier alpha value is -1.02. The van der Waals surface area contributed by atoms with Gasteiger partial charge in [-0.3, -0.25) is 9.57 Å². The summed E-state index contributed by atoms with van der Waals surface area (Å²) in [5, 5.41) is 0. The molecule has 0 spiro atoms. The summed E-state index contributed by atoms with van der Waals surface area (Å²) in [5.41, 5.74) is 0. The first-order valence-electron chi connectivity index (χ1n) is 4.39. The van der Waals surface area contributed by atoms with E-state index in [2.05, 4.69) is 5.92 Å². The third kappa shape index (κ3) is 2.48. The molecule has 0 aromatic carbocycles. The number of nitrogens with zero attached hydrogens (tertiary/aromatic N) is 1. The summed E-state index contributed by atoms with van der Waals surface area (Å²) >= 11 is 0. The minimum atomic E-state index is -2.43. The molecule has 0 aromatic heterocycles. The number of amides is 1. The molecule has 1 aliphatic heterocycles. The van der Waals surface area contributed by atoms with Crippen molar-refractivity contribution in [3.05, 3.63) is 0 Å². The quantitative estimate of drug-likeness (QED) is 0.671. The van der Waals surface area contributed by atoms with Crippen LogP contribution in [0.25, 0.3) is 0 Å². The highest BCUT2D eigenvalue weighted by molar-refractivity contribution is 7.92. The van der Waals surface area contributed by atoms with Gasteiger partial charge in [-0.1, -0.05) is 5.92 Å². The third-order valence-electron chi connectivity index (χ3n) is 2.44. The number of terminal acetylenes is 1. The van der Waals surface area contributed by atoms with Crippen LogP contribution in [0.3, 0.4) is 0 Å². The van der Waals surface area contributed by atoms with Crippen molar-refractivity contribution in [3.8, 4) is 12.3 Å². The molecule has 0 bridgehead atoms. The molecule has 2 atom stereocenters. The highest BCUT2D eigenvalue weighted by atomic mass is 32.2. The van der Waals surface area contributed by atoms with Crippen LogP contribution in [-0.2, 0) is 14.5 Å². The van der Waals surface area contributed by atoms with Gasteiger partial charge in [0.1, 0.15) is 0 Å². The molecule has 0 saturated carbocycles. The SMILES string of the molecule is C#CCC(=O)N(C)C1CCS(=N)(=O)C1. The molecule has 0 radical (unpaired) electrons. The number of rotatable bonds is 2. The lowest BCUT2D eigenvalue weighted by molar-refractivity contribution is -0.130. The first-order chi connectivity index (χ1) is 6.46. The maximum atomic E-state index is 11.4. The van der Waals surface area contributed by atoms with E-state index in [1.54, 1.807) is 7.05 Å². The fraction of sp³-hybridized carbons (Fsp3) is 0.667. The van der Waals surface area contributed by atoms with Crippen LogP contribution in [0.15, 0.2) is 0 Å². The van der Waals surface area contributed by atoms with E-state index < -0.39 is 9.73 Å². The van der Waals surface area contributed by atoms with Gasteiger partial charge in [-0.05, 0) is 6.42 Å². The number of nitrogens with one attached hydrogen (secondary N) is 1. The van der Waals surface area contributed by atoms with Crippen molar-refractivity contribution in [3.63, 3.8) is 0 Å². The molecule has 1 rings (SSSR count). The molecule has 0 aliphatic carbocycles. The van der Waals surface area contributed by atoms with Gasteiger partial charge in [0.05, 0.1) is 12.2 Å². The Balaban J connectivity index is 2.60. The van der Waals surface area contributed by atoms with Crippen LogP contribution < -0.4 is 0 Å². The Morgan fingerprint density at radius 3 is 2.86 bits per heavy atom. The second-order valence-corrected chi connectivity index (χ2v) is 5.88. The number of carbonyl (C=O) groups is 1. The zero-order valence-electron chi connectivity index (χ0n) is 8.16. The van der Waals surface area contributed by atoms with Crippen molar-refractivity contribution in [1.82, 2.24) is 4.90 Å². The molecule has 1 fully saturated rings. The van der Waals surface area contributed by atoms with E-state index in [0.29, 0.717) is 17.9 Å². The molecule has 1 saturated heterocycles. The Kier molecular flexibility index (Phi) is 3.17. The molecule has 14 heavy (non-hydrogen) atoms. The van der Waals surface area contributed by atoms with E-state index >= 15 is 0 Å². The summed E-state index contributed by atoms with van der Waals surface area (Å²) < 4.78 is 18.8. The van der Waals surface area contributed by atoms with Crippen molar-refractivity contribution in [1.29, 1.82) is 4.78 Å². The summed E-state index contributed by atoms with van der Waals surface area (Å²) in [5.74, 6) is 2.84. The Labute approximate surface area is 84.6 Å². The van der Waals surface area contributed by atoms with Crippen molar-refractivity contribution in [2.75, 3.05) is 18.6 Å². The van der Waals surface area contributed by atoms with Crippen molar-refractivity contribution >= 4 is 15.6 Å². The van der Waals surface area contributed by atoms with Crippen LogP contribution in [-0.4, -0.2) is 39.6 Å². The average molecular weight is 214 g/mol. The average Bonchev–Trinajstić information content (AvgIpc) is 2.45. The lowest BCUT2D eigenvalue weighted by Gasteiger charge is -2.22. The van der Waals surface area contributed by atoms with E-state index in [0.717, 1.165) is 0 Å². The standard InChI is InChI=1S/C9H14N2O2S/c1-3-4-9(12)11(2)8-5-6-14(10,13)7-8/h1,8,10H,4-7H2,2H3. The fourth-order valence-corrected chi connectivity index (χ4v) is 3.36. The molecule has 1 amide bonds. The predicted octanol–water partition coefficient (Wildman–Crippen LogP) is 0.287. The van der Waals surface area contributed by atoms with Crippen molar-refractivity contribution in [2.24, 2.45) is 0 Å². The second kappa shape index (κ2) is 4.01. The van der Waals surface area contributed by atoms with E-state index in [9.17, 15) is 9.00 Å². The van der Waals surface area contributed by atoms with Crippen LogP contribution in [0.4, 0.5) is 0 Å². The van der Waals surface area contributed by atoms with Gasteiger partial charge in [0.15, 0.2) is 0 Å². The lowest BCUT2D eigenvalue weighted by Crippen LogP contribution is -2.37. The van der Waals surface area contributed by atoms with Crippen LogP contribution in [0.5, 0.6) is 0 Å². The smallest absolute Gasteiger partial charge is 0.234 e. The van der Waals surface area contributed by atoms with Crippen LogP contribution >= 0.6 is 0 Å². The molecule has 1 heterocycles. The topological polar surface area (TPSA) is 61.2 Å². The normalized spacial score (nSPS) is 31.0. The van der Waals surface area contributed by atoms with Gasteiger partial charge in [-0.25, -0.2) is 4.21 Å². The summed E-state index contributed by atoms with van der Waals surface area (Å²) in [6, 6.07) is -0.0687. The first-order valence-corrected chi connectivity index (χ1v) is 6.29. The molecule has 0 aromatic rings. The van der Waals surface area contributed by atoms with E-state index in [1.165, 1.54) is 4.90 Å². The number of carbonyl (C=O) groups excluding carboxylic acids is 1. The molecular formula is C9H14N2O2S. The van der Waals surface area contributed by atoms with Gasteiger partial charge in [0.25, 0.3) is 0 Å². The lowest BCUT2D eigenvalue weighted by atomic mass is 10.2. The molecule has 78 valence electrons. The monoisotopic (exact) mass is 214 g/mol. The van der Waals surface area contributed by atoms with E-state index in [-0.39, 0.29) is 18.4 Å². The Bertz CT molecular complexity index is 367. The molecule has 1 N–H and O–H groups in total. The Morgan fingerprint density at radius 2 is 2.43 bits per heavy atom. The summed E-state index contributed by atoms with van der Waals surface area (Å²) in [6.45, 7) is 0. The molecule has 4 nitrogen and oxygen atoms in total. The zero-order chi connectivity index (χ0) is 10.8. The minimum absolute atomic E-state index is 0.0687. The highest BCUT2D eigenvalue weighted by Crippen LogP contribution is 2.17. The molecule has 5 heteroatoms. The number of hydrogen-bond donors (Lipinski definition) is 1. The van der Waals surface area contributed by atoms with Crippen LogP contribution in [0, 0.1) is 17.1 Å². The summed E-state index contributed by atoms with van der Waals surface area (Å²) in [4.78, 5) is 12.9. The van der Waals surface area contributed by atoms with Gasteiger partial charge in [-0.2, -0.15) is 0 Å². The summed E-state index contributed by atoms with van der Waals surface area (Å²) in [6.07, 6.45) is 5.75. The third-order valence-corrected chi connectivity index (χ3v) is 4.26. The van der Waals surface area contributed by atoms with Gasteiger partial charge in [-0.15, -0.1) is 6.42 Å². The molecular weight excluding hydrogens is 200 g/mol. The van der Waals surface area contributed by atoms with Gasteiger partial charge >= 0.3 is 0 Å². The Morgan fingerprint density at radius 1 is 1.79 bits per heavy atom. The van der Waals surface area contributed by atoms with Crippen molar-refractivity contribution < 1.29 is 9.00 Å². The minimum Gasteiger partial charge on any atom is -0.341 e. The molecule has 1 aliphatic rings. The fourth-order valence-electron chi connectivity index (χ4n) is 1.52.